The molecule has 0 amide bonds. The number of pyridine rings is 1. The predicted molar refractivity (Wildman–Crippen MR) is 107 cm³/mol. The monoisotopic (exact) mass is 360 g/mol. The molecule has 0 unspecified atom stereocenters. The molecule has 0 spiro atoms. The zero-order chi connectivity index (χ0) is 19.2. The van der Waals surface area contributed by atoms with E-state index >= 15 is 0 Å². The molecule has 1 heterocycles. The minimum absolute atomic E-state index is 0.0909. The van der Waals surface area contributed by atoms with E-state index in [1.54, 1.807) is 25.1 Å². The van der Waals surface area contributed by atoms with Crippen molar-refractivity contribution in [2.45, 2.75) is 6.92 Å². The number of rotatable bonds is 5. The van der Waals surface area contributed by atoms with Crippen LogP contribution in [0.4, 0.5) is 5.69 Å². The van der Waals surface area contributed by atoms with Gasteiger partial charge in [0.2, 0.25) is 0 Å². The number of phenolic OH excluding ortho intramolecular Hbond substituents is 1. The van der Waals surface area contributed by atoms with E-state index in [9.17, 15) is 9.90 Å². The maximum Gasteiger partial charge on any atom is 0.338 e. The summed E-state index contributed by atoms with van der Waals surface area (Å²) in [7, 11) is 0. The third-order valence-corrected chi connectivity index (χ3v) is 3.97. The van der Waals surface area contributed by atoms with Gasteiger partial charge in [0.25, 0.3) is 0 Å². The minimum atomic E-state index is -0.417. The van der Waals surface area contributed by atoms with Crippen LogP contribution in [-0.4, -0.2) is 22.7 Å². The van der Waals surface area contributed by atoms with E-state index in [1.807, 2.05) is 48.6 Å². The lowest BCUT2D eigenvalue weighted by atomic mass is 10.0. The van der Waals surface area contributed by atoms with E-state index in [2.05, 4.69) is 4.98 Å². The third-order valence-electron chi connectivity index (χ3n) is 3.97. The van der Waals surface area contributed by atoms with E-state index in [4.69, 9.17) is 10.5 Å². The average Bonchev–Trinajstić information content (AvgIpc) is 2.69. The van der Waals surface area contributed by atoms with Crippen LogP contribution >= 0.6 is 0 Å². The summed E-state index contributed by atoms with van der Waals surface area (Å²) in [6.07, 6.45) is 5.42. The van der Waals surface area contributed by atoms with Gasteiger partial charge in [-0.15, -0.1) is 0 Å². The van der Waals surface area contributed by atoms with Crippen molar-refractivity contribution in [3.05, 3.63) is 77.5 Å². The second-order valence-corrected chi connectivity index (χ2v) is 5.93. The van der Waals surface area contributed by atoms with E-state index in [-0.39, 0.29) is 5.75 Å². The van der Waals surface area contributed by atoms with Gasteiger partial charge in [0.1, 0.15) is 5.75 Å². The standard InChI is InChI=1S/C22H20N2O3/c1-2-27-22(26)17-11-12-24-20(14-17)19-13-16(7-10-21(19)25)4-3-15-5-8-18(23)9-6-15/h3-14,25H,2,23H2,1H3/b4-3+. The van der Waals surface area contributed by atoms with Crippen LogP contribution in [0.25, 0.3) is 23.4 Å². The Labute approximate surface area is 157 Å². The van der Waals surface area contributed by atoms with Gasteiger partial charge in [0, 0.05) is 17.4 Å². The zero-order valence-corrected chi connectivity index (χ0v) is 14.9. The van der Waals surface area contributed by atoms with Gasteiger partial charge >= 0.3 is 5.97 Å². The second kappa shape index (κ2) is 8.19. The Morgan fingerprint density at radius 1 is 1.07 bits per heavy atom. The lowest BCUT2D eigenvalue weighted by Crippen LogP contribution is -2.05. The largest absolute Gasteiger partial charge is 0.507 e. The number of aromatic nitrogens is 1. The highest BCUT2D eigenvalue weighted by molar-refractivity contribution is 5.91. The molecule has 0 aliphatic heterocycles. The summed E-state index contributed by atoms with van der Waals surface area (Å²) >= 11 is 0. The maximum absolute atomic E-state index is 11.9. The number of hydrogen-bond donors (Lipinski definition) is 2. The van der Waals surface area contributed by atoms with Crippen LogP contribution < -0.4 is 5.73 Å². The molecule has 5 nitrogen and oxygen atoms in total. The first-order chi connectivity index (χ1) is 13.1. The number of nitrogens with zero attached hydrogens (tertiary/aromatic N) is 1. The lowest BCUT2D eigenvalue weighted by molar-refractivity contribution is 0.0526. The molecule has 0 bridgehead atoms. The summed E-state index contributed by atoms with van der Waals surface area (Å²) in [4.78, 5) is 16.2. The summed E-state index contributed by atoms with van der Waals surface area (Å²) in [6.45, 7) is 2.05. The number of phenols is 1. The molecule has 3 rings (SSSR count). The summed E-state index contributed by atoms with van der Waals surface area (Å²) < 4.78 is 5.02. The highest BCUT2D eigenvalue weighted by atomic mass is 16.5. The lowest BCUT2D eigenvalue weighted by Gasteiger charge is -2.07. The van der Waals surface area contributed by atoms with Gasteiger partial charge in [0.15, 0.2) is 0 Å². The molecule has 0 aliphatic rings. The van der Waals surface area contributed by atoms with Crippen molar-refractivity contribution in [3.63, 3.8) is 0 Å². The molecule has 1 aromatic heterocycles. The number of anilines is 1. The van der Waals surface area contributed by atoms with E-state index in [0.29, 0.717) is 29.1 Å². The molecule has 136 valence electrons. The Kier molecular flexibility index (Phi) is 5.52. The Balaban J connectivity index is 1.90. The highest BCUT2D eigenvalue weighted by Gasteiger charge is 2.11. The fourth-order valence-corrected chi connectivity index (χ4v) is 2.58. The fourth-order valence-electron chi connectivity index (χ4n) is 2.58. The van der Waals surface area contributed by atoms with Crippen molar-refractivity contribution in [2.24, 2.45) is 0 Å². The second-order valence-electron chi connectivity index (χ2n) is 5.93. The van der Waals surface area contributed by atoms with Crippen LogP contribution in [0.1, 0.15) is 28.4 Å². The number of ether oxygens (including phenoxy) is 1. The Bertz CT molecular complexity index is 979. The van der Waals surface area contributed by atoms with Crippen molar-refractivity contribution < 1.29 is 14.6 Å². The number of benzene rings is 2. The Morgan fingerprint density at radius 2 is 1.78 bits per heavy atom. The number of carbonyl (C=O) groups is 1. The summed E-state index contributed by atoms with van der Waals surface area (Å²) in [6, 6.07) is 16.0. The molecule has 3 N–H and O–H groups in total. The number of esters is 1. The van der Waals surface area contributed by atoms with E-state index in [1.165, 1.54) is 6.20 Å². The van der Waals surface area contributed by atoms with Crippen LogP contribution in [0.5, 0.6) is 5.75 Å². The minimum Gasteiger partial charge on any atom is -0.507 e. The van der Waals surface area contributed by atoms with Crippen molar-refractivity contribution >= 4 is 23.8 Å². The van der Waals surface area contributed by atoms with Gasteiger partial charge in [-0.25, -0.2) is 4.79 Å². The topological polar surface area (TPSA) is 85.4 Å². The highest BCUT2D eigenvalue weighted by Crippen LogP contribution is 2.30. The van der Waals surface area contributed by atoms with Crippen LogP contribution in [0.3, 0.4) is 0 Å². The van der Waals surface area contributed by atoms with Gasteiger partial charge < -0.3 is 15.6 Å². The molecule has 0 fully saturated rings. The zero-order valence-electron chi connectivity index (χ0n) is 14.9. The normalized spacial score (nSPS) is 10.9. The first kappa shape index (κ1) is 18.2. The Morgan fingerprint density at radius 3 is 2.52 bits per heavy atom. The van der Waals surface area contributed by atoms with Gasteiger partial charge in [-0.1, -0.05) is 30.4 Å². The fraction of sp³-hybridized carbons (Fsp3) is 0.0909. The van der Waals surface area contributed by atoms with Crippen LogP contribution in [-0.2, 0) is 4.74 Å². The maximum atomic E-state index is 11.9. The number of nitrogen functional groups attached to an aromatic ring is 1. The van der Waals surface area contributed by atoms with Crippen LogP contribution in [0.15, 0.2) is 60.8 Å². The van der Waals surface area contributed by atoms with Crippen LogP contribution in [0.2, 0.25) is 0 Å². The number of hydrogen-bond acceptors (Lipinski definition) is 5. The molecule has 3 aromatic rings. The van der Waals surface area contributed by atoms with Gasteiger partial charge in [-0.3, -0.25) is 4.98 Å². The molecule has 0 radical (unpaired) electrons. The molecule has 0 saturated carbocycles. The first-order valence-electron chi connectivity index (χ1n) is 8.57. The van der Waals surface area contributed by atoms with Crippen molar-refractivity contribution in [3.8, 4) is 17.0 Å². The smallest absolute Gasteiger partial charge is 0.338 e. The third kappa shape index (κ3) is 4.52. The van der Waals surface area contributed by atoms with Gasteiger partial charge in [-0.05, 0) is 54.4 Å². The summed E-state index contributed by atoms with van der Waals surface area (Å²) in [5, 5.41) is 10.2. The molecule has 0 aliphatic carbocycles. The molecular formula is C22H20N2O3. The molecule has 0 atom stereocenters. The average molecular weight is 360 g/mol. The van der Waals surface area contributed by atoms with E-state index in [0.717, 1.165) is 11.1 Å². The quantitative estimate of drug-likeness (QED) is 0.400. The van der Waals surface area contributed by atoms with Gasteiger partial charge in [0.05, 0.1) is 17.9 Å². The number of nitrogens with two attached hydrogens (primary N) is 1. The molecule has 0 saturated heterocycles. The molecule has 27 heavy (non-hydrogen) atoms. The van der Waals surface area contributed by atoms with Crippen LogP contribution in [0, 0.1) is 0 Å². The van der Waals surface area contributed by atoms with Crippen molar-refractivity contribution in [2.75, 3.05) is 12.3 Å². The number of aromatic hydroxyl groups is 1. The Hall–Kier alpha value is -3.60. The first-order valence-corrected chi connectivity index (χ1v) is 8.57. The summed E-state index contributed by atoms with van der Waals surface area (Å²) in [5.41, 5.74) is 9.75. The SMILES string of the molecule is CCOC(=O)c1ccnc(-c2cc(/C=C/c3ccc(N)cc3)ccc2O)c1. The predicted octanol–water partition coefficient (Wildman–Crippen LogP) is 4.38. The molecule has 2 aromatic carbocycles. The van der Waals surface area contributed by atoms with E-state index < -0.39 is 5.97 Å². The van der Waals surface area contributed by atoms with Crippen molar-refractivity contribution in [1.29, 1.82) is 0 Å². The summed E-state index contributed by atoms with van der Waals surface area (Å²) in [5.74, 6) is -0.326. The molecule has 5 heteroatoms. The van der Waals surface area contributed by atoms with Crippen molar-refractivity contribution in [1.82, 2.24) is 4.98 Å². The van der Waals surface area contributed by atoms with Gasteiger partial charge in [-0.2, -0.15) is 0 Å². The molecular weight excluding hydrogens is 340 g/mol. The number of carbonyl (C=O) groups excluding carboxylic acids is 1.